The minimum absolute atomic E-state index is 0.290. The zero-order chi connectivity index (χ0) is 23.2. The second kappa shape index (κ2) is 7.49. The highest BCUT2D eigenvalue weighted by atomic mass is 16.5. The van der Waals surface area contributed by atoms with Crippen molar-refractivity contribution in [3.63, 3.8) is 0 Å². The number of ether oxygens (including phenoxy) is 2. The van der Waals surface area contributed by atoms with Crippen LogP contribution in [0, 0.1) is 16.2 Å². The lowest BCUT2D eigenvalue weighted by Crippen LogP contribution is -2.59. The lowest BCUT2D eigenvalue weighted by Gasteiger charge is -2.47. The third-order valence-electron chi connectivity index (χ3n) is 6.73. The molecule has 2 aliphatic rings. The summed E-state index contributed by atoms with van der Waals surface area (Å²) >= 11 is 0. The lowest BCUT2D eigenvalue weighted by atomic mass is 9.76. The molecule has 3 aromatic rings. The summed E-state index contributed by atoms with van der Waals surface area (Å²) in [5, 5.41) is 12.2. The van der Waals surface area contributed by atoms with Crippen LogP contribution in [0.25, 0.3) is 6.08 Å². The minimum Gasteiger partial charge on any atom is -0.493 e. The van der Waals surface area contributed by atoms with Crippen LogP contribution in [-0.4, -0.2) is 12.8 Å². The molecule has 5 rings (SSSR count). The lowest BCUT2D eigenvalue weighted by molar-refractivity contribution is 0.0493. The molecular weight excluding hydrogens is 414 g/mol. The molecule has 0 bridgehead atoms. The summed E-state index contributed by atoms with van der Waals surface area (Å²) in [6.45, 7) is 4.93. The smallest absolute Gasteiger partial charge is 0.212 e. The zero-order valence-corrected chi connectivity index (χ0v) is 18.7. The average molecular weight is 437 g/mol. The van der Waals surface area contributed by atoms with Crippen LogP contribution in [0.5, 0.6) is 11.5 Å². The van der Waals surface area contributed by atoms with Crippen LogP contribution in [0.1, 0.15) is 36.1 Å². The monoisotopic (exact) mass is 437 g/mol. The molecule has 1 atom stereocenters. The van der Waals surface area contributed by atoms with E-state index in [1.165, 1.54) is 5.56 Å². The Balaban J connectivity index is 1.67. The van der Waals surface area contributed by atoms with E-state index in [0.717, 1.165) is 16.8 Å². The summed E-state index contributed by atoms with van der Waals surface area (Å²) in [5.41, 5.74) is 3.76. The van der Waals surface area contributed by atoms with Crippen molar-refractivity contribution in [1.29, 1.82) is 5.26 Å². The summed E-state index contributed by atoms with van der Waals surface area (Å²) in [6, 6.07) is 21.4. The van der Waals surface area contributed by atoms with E-state index in [1.807, 2.05) is 42.5 Å². The van der Waals surface area contributed by atoms with Gasteiger partial charge in [-0.2, -0.15) is 5.26 Å². The largest absolute Gasteiger partial charge is 0.493 e. The van der Waals surface area contributed by atoms with Crippen LogP contribution in [0.3, 0.4) is 0 Å². The highest BCUT2D eigenvalue weighted by Gasteiger charge is 2.59. The molecule has 2 heterocycles. The minimum atomic E-state index is -0.832. The van der Waals surface area contributed by atoms with Gasteiger partial charge in [0, 0.05) is 23.9 Å². The van der Waals surface area contributed by atoms with Crippen molar-refractivity contribution in [3.8, 4) is 17.6 Å². The van der Waals surface area contributed by atoms with E-state index in [2.05, 4.69) is 48.2 Å². The Kier molecular flexibility index (Phi) is 4.71. The van der Waals surface area contributed by atoms with Crippen molar-refractivity contribution in [2.75, 3.05) is 12.0 Å². The maximum absolute atomic E-state index is 11.2. The molecule has 1 unspecified atom stereocenters. The van der Waals surface area contributed by atoms with E-state index in [4.69, 9.17) is 14.7 Å². The third kappa shape index (κ3) is 3.00. The number of benzene rings is 3. The SMILES string of the molecule is COc1cc(N=O)cc2c1OC1(C=C2)N(Cc2ccc(C#N)cc2)c2ccccc2C1(C)C. The van der Waals surface area contributed by atoms with Crippen LogP contribution in [0.2, 0.25) is 0 Å². The van der Waals surface area contributed by atoms with Crippen molar-refractivity contribution >= 4 is 17.5 Å². The van der Waals surface area contributed by atoms with Gasteiger partial charge in [0.2, 0.25) is 5.72 Å². The number of rotatable bonds is 4. The highest BCUT2D eigenvalue weighted by Crippen LogP contribution is 2.56. The molecular formula is C27H23N3O3. The summed E-state index contributed by atoms with van der Waals surface area (Å²) in [5.74, 6) is 1.05. The number of fused-ring (bicyclic) bond motifs is 2. The molecule has 6 heteroatoms. The number of hydrogen-bond donors (Lipinski definition) is 0. The van der Waals surface area contributed by atoms with Crippen molar-refractivity contribution in [2.24, 2.45) is 5.18 Å². The van der Waals surface area contributed by atoms with E-state index in [-0.39, 0.29) is 0 Å². The van der Waals surface area contributed by atoms with Crippen LogP contribution < -0.4 is 14.4 Å². The summed E-state index contributed by atoms with van der Waals surface area (Å²) in [7, 11) is 1.56. The van der Waals surface area contributed by atoms with Gasteiger partial charge in [-0.15, -0.1) is 4.91 Å². The Morgan fingerprint density at radius 3 is 2.58 bits per heavy atom. The van der Waals surface area contributed by atoms with Gasteiger partial charge in [-0.05, 0) is 66.6 Å². The normalized spacial score (nSPS) is 19.4. The number of nitrogens with zero attached hydrogens (tertiary/aromatic N) is 3. The molecule has 0 aliphatic carbocycles. The van der Waals surface area contributed by atoms with Crippen molar-refractivity contribution in [1.82, 2.24) is 0 Å². The first-order valence-electron chi connectivity index (χ1n) is 10.7. The molecule has 0 fully saturated rings. The molecule has 0 radical (unpaired) electrons. The molecule has 1 spiro atoms. The maximum Gasteiger partial charge on any atom is 0.212 e. The highest BCUT2D eigenvalue weighted by molar-refractivity contribution is 5.75. The van der Waals surface area contributed by atoms with Crippen LogP contribution >= 0.6 is 0 Å². The van der Waals surface area contributed by atoms with Gasteiger partial charge in [-0.3, -0.25) is 0 Å². The van der Waals surface area contributed by atoms with E-state index >= 15 is 0 Å². The van der Waals surface area contributed by atoms with E-state index in [9.17, 15) is 4.91 Å². The summed E-state index contributed by atoms with van der Waals surface area (Å²) in [4.78, 5) is 13.4. The maximum atomic E-state index is 11.2. The number of nitroso groups, excluding NO2 is 1. The molecule has 33 heavy (non-hydrogen) atoms. The Bertz CT molecular complexity index is 1320. The Morgan fingerprint density at radius 2 is 1.88 bits per heavy atom. The predicted molar refractivity (Wildman–Crippen MR) is 128 cm³/mol. The van der Waals surface area contributed by atoms with Gasteiger partial charge in [-0.25, -0.2) is 0 Å². The van der Waals surface area contributed by atoms with E-state index in [1.54, 1.807) is 19.2 Å². The van der Waals surface area contributed by atoms with Gasteiger partial charge >= 0.3 is 0 Å². The average Bonchev–Trinajstić information content (AvgIpc) is 3.02. The molecule has 0 amide bonds. The van der Waals surface area contributed by atoms with Crippen LogP contribution in [0.4, 0.5) is 11.4 Å². The second-order valence-electron chi connectivity index (χ2n) is 8.83. The fourth-order valence-electron chi connectivity index (χ4n) is 4.94. The van der Waals surface area contributed by atoms with Crippen molar-refractivity contribution in [2.45, 2.75) is 31.5 Å². The van der Waals surface area contributed by atoms with Gasteiger partial charge in [0.15, 0.2) is 11.5 Å². The quantitative estimate of drug-likeness (QED) is 0.464. The molecule has 0 aromatic heterocycles. The first-order chi connectivity index (χ1) is 15.9. The first kappa shape index (κ1) is 20.8. The van der Waals surface area contributed by atoms with E-state index < -0.39 is 11.1 Å². The summed E-state index contributed by atoms with van der Waals surface area (Å²) in [6.07, 6.45) is 4.04. The number of hydrogen-bond acceptors (Lipinski definition) is 6. The van der Waals surface area contributed by atoms with Gasteiger partial charge in [0.1, 0.15) is 5.69 Å². The van der Waals surface area contributed by atoms with Crippen LogP contribution in [-0.2, 0) is 12.0 Å². The third-order valence-corrected chi connectivity index (χ3v) is 6.73. The summed E-state index contributed by atoms with van der Waals surface area (Å²) < 4.78 is 12.4. The topological polar surface area (TPSA) is 74.9 Å². The molecule has 0 saturated carbocycles. The molecule has 6 nitrogen and oxygen atoms in total. The molecule has 0 N–H and O–H groups in total. The van der Waals surface area contributed by atoms with Crippen molar-refractivity contribution < 1.29 is 9.47 Å². The zero-order valence-electron chi connectivity index (χ0n) is 18.7. The number of methoxy groups -OCH3 is 1. The predicted octanol–water partition coefficient (Wildman–Crippen LogP) is 6.06. The second-order valence-corrected chi connectivity index (χ2v) is 8.83. The fraction of sp³-hybridized carbons (Fsp3) is 0.222. The van der Waals surface area contributed by atoms with Crippen molar-refractivity contribution in [3.05, 3.63) is 93.9 Å². The molecule has 3 aromatic carbocycles. The Hall–Kier alpha value is -4.11. The fourth-order valence-corrected chi connectivity index (χ4v) is 4.94. The number of nitriles is 1. The standard InChI is InChI=1S/C27H23N3O3/c1-26(2)22-6-4-5-7-23(22)30(17-19-10-8-18(16-28)9-11-19)27(26)13-12-20-14-21(29-31)15-24(32-3)25(20)33-27/h4-15H,17H2,1-3H3. The van der Waals surface area contributed by atoms with Gasteiger partial charge in [-0.1, -0.05) is 30.3 Å². The van der Waals surface area contributed by atoms with E-state index in [0.29, 0.717) is 29.3 Å². The number of anilines is 1. The molecule has 0 saturated heterocycles. The van der Waals surface area contributed by atoms with Gasteiger partial charge in [0.25, 0.3) is 0 Å². The molecule has 164 valence electrons. The molecule has 2 aliphatic heterocycles. The Morgan fingerprint density at radius 1 is 1.12 bits per heavy atom. The Labute approximate surface area is 192 Å². The first-order valence-corrected chi connectivity index (χ1v) is 10.7. The number of para-hydroxylation sites is 1. The van der Waals surface area contributed by atoms with Gasteiger partial charge < -0.3 is 14.4 Å². The van der Waals surface area contributed by atoms with Gasteiger partial charge in [0.05, 0.1) is 24.2 Å². The van der Waals surface area contributed by atoms with Crippen LogP contribution in [0.15, 0.2) is 71.9 Å².